The summed E-state index contributed by atoms with van der Waals surface area (Å²) in [6, 6.07) is 7.31. The molecule has 9 nitrogen and oxygen atoms in total. The average molecular weight is 430 g/mol. The van der Waals surface area contributed by atoms with E-state index in [9.17, 15) is 23.1 Å². The summed E-state index contributed by atoms with van der Waals surface area (Å²) in [5.74, 6) is -2.91. The second kappa shape index (κ2) is 8.62. The molecule has 0 saturated heterocycles. The van der Waals surface area contributed by atoms with Gasteiger partial charge < -0.3 is 10.4 Å². The summed E-state index contributed by atoms with van der Waals surface area (Å²) in [5, 5.41) is 12.0. The molecule has 2 atom stereocenters. The minimum absolute atomic E-state index is 0.0186. The van der Waals surface area contributed by atoms with Crippen LogP contribution in [-0.4, -0.2) is 35.4 Å². The summed E-state index contributed by atoms with van der Waals surface area (Å²) < 4.78 is 27.5. The summed E-state index contributed by atoms with van der Waals surface area (Å²) in [4.78, 5) is 32.0. The number of benzene rings is 1. The minimum atomic E-state index is -3.91. The van der Waals surface area contributed by atoms with Crippen LogP contribution in [0.15, 0.2) is 47.4 Å². The van der Waals surface area contributed by atoms with Crippen LogP contribution in [0.3, 0.4) is 0 Å². The molecule has 0 spiro atoms. The van der Waals surface area contributed by atoms with Gasteiger partial charge in [0.2, 0.25) is 11.9 Å². The Labute approximate surface area is 174 Å². The minimum Gasteiger partial charge on any atom is -0.481 e. The Hall–Kier alpha value is -3.27. The third-order valence-corrected chi connectivity index (χ3v) is 6.07. The number of nitrogens with one attached hydrogen (secondary N) is 2. The number of carboxylic acid groups (broad SMARTS) is 1. The highest BCUT2D eigenvalue weighted by atomic mass is 32.2. The van der Waals surface area contributed by atoms with E-state index in [-0.39, 0.29) is 10.8 Å². The zero-order chi connectivity index (χ0) is 21.9. The number of carbonyl (C=O) groups excluding carboxylic acids is 1. The highest BCUT2D eigenvalue weighted by Gasteiger charge is 2.34. The molecule has 2 aromatic rings. The van der Waals surface area contributed by atoms with E-state index in [1.165, 1.54) is 24.3 Å². The number of hydrogen-bond acceptors (Lipinski definition) is 6. The molecule has 1 aromatic carbocycles. The van der Waals surface area contributed by atoms with E-state index in [1.54, 1.807) is 32.1 Å². The van der Waals surface area contributed by atoms with Gasteiger partial charge >= 0.3 is 5.97 Å². The summed E-state index contributed by atoms with van der Waals surface area (Å²) >= 11 is 0. The fourth-order valence-electron chi connectivity index (χ4n) is 3.28. The SMILES string of the molecule is Cc1cc(C)nc(NS(=O)(=O)c2ccc(NC(=O)[C@H]3CC=CC[C@@H]3C(=O)O)cc2)n1. The second-order valence-electron chi connectivity index (χ2n) is 7.09. The zero-order valence-electron chi connectivity index (χ0n) is 16.5. The largest absolute Gasteiger partial charge is 0.481 e. The van der Waals surface area contributed by atoms with E-state index in [0.717, 1.165) is 0 Å². The predicted octanol–water partition coefficient (Wildman–Crippen LogP) is 2.50. The fraction of sp³-hybridized carbons (Fsp3) is 0.300. The van der Waals surface area contributed by atoms with Crippen molar-refractivity contribution in [1.29, 1.82) is 0 Å². The van der Waals surface area contributed by atoms with Crippen LogP contribution >= 0.6 is 0 Å². The molecule has 3 N–H and O–H groups in total. The summed E-state index contributed by atoms with van der Waals surface area (Å²) in [5.41, 5.74) is 1.64. The van der Waals surface area contributed by atoms with E-state index in [2.05, 4.69) is 20.0 Å². The lowest BCUT2D eigenvalue weighted by atomic mass is 9.82. The van der Waals surface area contributed by atoms with Crippen LogP contribution in [0.1, 0.15) is 24.2 Å². The number of rotatable bonds is 6. The molecule has 1 aromatic heterocycles. The lowest BCUT2D eigenvalue weighted by Gasteiger charge is -2.24. The van der Waals surface area contributed by atoms with Gasteiger partial charge in [-0.15, -0.1) is 0 Å². The quantitative estimate of drug-likeness (QED) is 0.599. The molecule has 10 heteroatoms. The van der Waals surface area contributed by atoms with E-state index < -0.39 is 33.7 Å². The topological polar surface area (TPSA) is 138 Å². The molecule has 3 rings (SSSR count). The number of anilines is 2. The molecule has 1 aliphatic rings. The van der Waals surface area contributed by atoms with E-state index >= 15 is 0 Å². The molecule has 0 fully saturated rings. The number of aromatic nitrogens is 2. The van der Waals surface area contributed by atoms with Crippen molar-refractivity contribution in [2.75, 3.05) is 10.0 Å². The van der Waals surface area contributed by atoms with Crippen LogP contribution in [0.25, 0.3) is 0 Å². The third kappa shape index (κ3) is 5.01. The Bertz CT molecular complexity index is 1080. The third-order valence-electron chi connectivity index (χ3n) is 4.73. The maximum Gasteiger partial charge on any atom is 0.307 e. The van der Waals surface area contributed by atoms with Crippen LogP contribution < -0.4 is 10.0 Å². The molecular formula is C20H22N4O5S. The van der Waals surface area contributed by atoms with Gasteiger partial charge in [-0.05, 0) is 57.0 Å². The van der Waals surface area contributed by atoms with Crippen LogP contribution in [0.4, 0.5) is 11.6 Å². The second-order valence-corrected chi connectivity index (χ2v) is 8.77. The number of carboxylic acids is 1. The first-order valence-corrected chi connectivity index (χ1v) is 10.8. The summed E-state index contributed by atoms with van der Waals surface area (Å²) in [6.07, 6.45) is 4.20. The first kappa shape index (κ1) is 21.4. The van der Waals surface area contributed by atoms with Crippen molar-refractivity contribution in [2.45, 2.75) is 31.6 Å². The van der Waals surface area contributed by atoms with Crippen molar-refractivity contribution in [3.05, 3.63) is 53.9 Å². The van der Waals surface area contributed by atoms with Crippen molar-refractivity contribution in [3.8, 4) is 0 Å². The Morgan fingerprint density at radius 2 is 1.57 bits per heavy atom. The molecule has 0 unspecified atom stereocenters. The van der Waals surface area contributed by atoms with Crippen LogP contribution in [-0.2, 0) is 19.6 Å². The summed E-state index contributed by atoms with van der Waals surface area (Å²) in [7, 11) is -3.91. The van der Waals surface area contributed by atoms with Crippen LogP contribution in [0, 0.1) is 25.7 Å². The van der Waals surface area contributed by atoms with Crippen molar-refractivity contribution in [2.24, 2.45) is 11.8 Å². The van der Waals surface area contributed by atoms with Crippen LogP contribution in [0.2, 0.25) is 0 Å². The molecule has 1 amide bonds. The Morgan fingerprint density at radius 1 is 1.00 bits per heavy atom. The van der Waals surface area contributed by atoms with Gasteiger partial charge in [0, 0.05) is 17.1 Å². The molecule has 0 aliphatic heterocycles. The maximum absolute atomic E-state index is 12.6. The standard InChI is InChI=1S/C20H22N4O5S/c1-12-11-13(2)22-20(21-12)24-30(28,29)15-9-7-14(8-10-15)23-18(25)16-5-3-4-6-17(16)19(26)27/h3-4,7-11,16-17H,5-6H2,1-2H3,(H,23,25)(H,26,27)(H,21,22,24)/t16-,17-/m0/s1. The number of allylic oxidation sites excluding steroid dienone is 2. The number of sulfonamides is 1. The predicted molar refractivity (Wildman–Crippen MR) is 110 cm³/mol. The highest BCUT2D eigenvalue weighted by molar-refractivity contribution is 7.92. The van der Waals surface area contributed by atoms with Gasteiger partial charge in [-0.1, -0.05) is 12.2 Å². The Balaban J connectivity index is 1.71. The van der Waals surface area contributed by atoms with Gasteiger partial charge in [-0.2, -0.15) is 0 Å². The molecule has 158 valence electrons. The van der Waals surface area contributed by atoms with Gasteiger partial charge in [-0.25, -0.2) is 23.1 Å². The Morgan fingerprint density at radius 3 is 2.13 bits per heavy atom. The molecule has 0 saturated carbocycles. The molecule has 0 radical (unpaired) electrons. The van der Waals surface area contributed by atoms with Crippen LogP contribution in [0.5, 0.6) is 0 Å². The van der Waals surface area contributed by atoms with Crippen molar-refractivity contribution in [3.63, 3.8) is 0 Å². The monoisotopic (exact) mass is 430 g/mol. The van der Waals surface area contributed by atoms with Crippen molar-refractivity contribution < 1.29 is 23.1 Å². The molecule has 30 heavy (non-hydrogen) atoms. The number of nitrogens with zero attached hydrogens (tertiary/aromatic N) is 2. The molecule has 1 aliphatic carbocycles. The normalized spacial score (nSPS) is 18.6. The lowest BCUT2D eigenvalue weighted by Crippen LogP contribution is -2.34. The number of aliphatic carboxylic acids is 1. The van der Waals surface area contributed by atoms with Gasteiger partial charge in [0.25, 0.3) is 10.0 Å². The summed E-state index contributed by atoms with van der Waals surface area (Å²) in [6.45, 7) is 3.47. The van der Waals surface area contributed by atoms with Gasteiger partial charge in [0.05, 0.1) is 16.7 Å². The van der Waals surface area contributed by atoms with Crippen molar-refractivity contribution >= 4 is 33.5 Å². The Kier molecular flexibility index (Phi) is 6.16. The van der Waals surface area contributed by atoms with Gasteiger partial charge in [-0.3, -0.25) is 9.59 Å². The zero-order valence-corrected chi connectivity index (χ0v) is 17.3. The highest BCUT2D eigenvalue weighted by Crippen LogP contribution is 2.27. The maximum atomic E-state index is 12.6. The van der Waals surface area contributed by atoms with Gasteiger partial charge in [0.15, 0.2) is 0 Å². The molecule has 0 bridgehead atoms. The smallest absolute Gasteiger partial charge is 0.307 e. The van der Waals surface area contributed by atoms with E-state index in [4.69, 9.17) is 0 Å². The number of amides is 1. The molecular weight excluding hydrogens is 408 g/mol. The van der Waals surface area contributed by atoms with Gasteiger partial charge in [0.1, 0.15) is 0 Å². The average Bonchev–Trinajstić information content (AvgIpc) is 2.67. The number of carbonyl (C=O) groups is 2. The fourth-order valence-corrected chi connectivity index (χ4v) is 4.22. The number of aryl methyl sites for hydroxylation is 2. The van der Waals surface area contributed by atoms with E-state index in [0.29, 0.717) is 29.9 Å². The molecule has 1 heterocycles. The van der Waals surface area contributed by atoms with Crippen molar-refractivity contribution in [1.82, 2.24) is 9.97 Å². The van der Waals surface area contributed by atoms with E-state index in [1.807, 2.05) is 0 Å². The number of hydrogen-bond donors (Lipinski definition) is 3. The lowest BCUT2D eigenvalue weighted by molar-refractivity contribution is -0.146. The first-order valence-electron chi connectivity index (χ1n) is 9.29. The first-order chi connectivity index (χ1) is 14.2.